The quantitative estimate of drug-likeness (QED) is 0.747. The third-order valence-electron chi connectivity index (χ3n) is 6.06. The van der Waals surface area contributed by atoms with E-state index in [0.717, 1.165) is 45.3 Å². The minimum absolute atomic E-state index is 0.0405. The van der Waals surface area contributed by atoms with Crippen LogP contribution in [0.15, 0.2) is 4.52 Å². The number of nitrogens with one attached hydrogen (secondary N) is 1. The number of fused-ring (bicyclic) bond motifs is 1. The number of likely N-dealkylation sites (tertiary alicyclic amines) is 1. The van der Waals surface area contributed by atoms with E-state index in [-0.39, 0.29) is 29.7 Å². The molecule has 3 aliphatic rings. The van der Waals surface area contributed by atoms with Crippen LogP contribution in [0.4, 0.5) is 0 Å². The fraction of sp³-hybridized carbons (Fsp3) is 0.778. The lowest BCUT2D eigenvalue weighted by Gasteiger charge is -2.30. The third kappa shape index (κ3) is 3.40. The Morgan fingerprint density at radius 1 is 1.26 bits per heavy atom. The van der Waals surface area contributed by atoms with E-state index in [4.69, 9.17) is 4.52 Å². The SMILES string of the molecule is CSCC(c1nc(C2CNCCN2C)no1)N1C(=O)C2CCCCC2C1=O. The smallest absolute Gasteiger partial charge is 0.250 e. The normalized spacial score (nSPS) is 30.6. The summed E-state index contributed by atoms with van der Waals surface area (Å²) in [5.41, 5.74) is 0. The minimum atomic E-state index is -0.478. The molecular formula is C18H27N5O3S. The first-order valence-corrected chi connectivity index (χ1v) is 11.1. The molecule has 27 heavy (non-hydrogen) atoms. The van der Waals surface area contributed by atoms with Gasteiger partial charge >= 0.3 is 0 Å². The average molecular weight is 394 g/mol. The molecule has 3 fully saturated rings. The Morgan fingerprint density at radius 2 is 1.96 bits per heavy atom. The number of amides is 2. The predicted molar refractivity (Wildman–Crippen MR) is 101 cm³/mol. The summed E-state index contributed by atoms with van der Waals surface area (Å²) in [6.45, 7) is 2.61. The van der Waals surface area contributed by atoms with Gasteiger partial charge in [0, 0.05) is 25.4 Å². The molecule has 4 unspecified atom stereocenters. The number of thioether (sulfide) groups is 1. The van der Waals surface area contributed by atoms with Crippen LogP contribution in [-0.2, 0) is 9.59 Å². The van der Waals surface area contributed by atoms with E-state index in [0.29, 0.717) is 17.5 Å². The van der Waals surface area contributed by atoms with Gasteiger partial charge in [0.25, 0.3) is 5.89 Å². The lowest BCUT2D eigenvalue weighted by atomic mass is 9.81. The molecule has 0 bridgehead atoms. The molecule has 1 aliphatic carbocycles. The molecule has 0 radical (unpaired) electrons. The number of aromatic nitrogens is 2. The maximum absolute atomic E-state index is 13.0. The van der Waals surface area contributed by atoms with Gasteiger partial charge in [-0.25, -0.2) is 0 Å². The molecule has 0 spiro atoms. The molecule has 1 saturated carbocycles. The van der Waals surface area contributed by atoms with Crippen LogP contribution in [0.5, 0.6) is 0 Å². The lowest BCUT2D eigenvalue weighted by molar-refractivity contribution is -0.142. The number of nitrogens with zero attached hydrogens (tertiary/aromatic N) is 4. The first-order valence-electron chi connectivity index (χ1n) is 9.72. The number of carbonyl (C=O) groups is 2. The van der Waals surface area contributed by atoms with Crippen LogP contribution in [0.25, 0.3) is 0 Å². The Morgan fingerprint density at radius 3 is 2.59 bits per heavy atom. The highest BCUT2D eigenvalue weighted by Gasteiger charge is 2.51. The first kappa shape index (κ1) is 18.9. The second kappa shape index (κ2) is 7.89. The van der Waals surface area contributed by atoms with E-state index in [1.54, 1.807) is 11.8 Å². The summed E-state index contributed by atoms with van der Waals surface area (Å²) in [4.78, 5) is 34.2. The van der Waals surface area contributed by atoms with Crippen LogP contribution in [0.1, 0.15) is 49.5 Å². The van der Waals surface area contributed by atoms with Gasteiger partial charge in [-0.05, 0) is 26.1 Å². The molecule has 9 heteroatoms. The zero-order valence-electron chi connectivity index (χ0n) is 15.9. The van der Waals surface area contributed by atoms with Gasteiger partial charge in [0.15, 0.2) is 5.82 Å². The van der Waals surface area contributed by atoms with Crippen LogP contribution < -0.4 is 5.32 Å². The number of rotatable bonds is 5. The van der Waals surface area contributed by atoms with Crippen molar-refractivity contribution in [2.75, 3.05) is 38.7 Å². The van der Waals surface area contributed by atoms with E-state index in [9.17, 15) is 9.59 Å². The van der Waals surface area contributed by atoms with Gasteiger partial charge < -0.3 is 9.84 Å². The zero-order valence-corrected chi connectivity index (χ0v) is 16.7. The molecule has 148 valence electrons. The monoisotopic (exact) mass is 393 g/mol. The van der Waals surface area contributed by atoms with Crippen LogP contribution >= 0.6 is 11.8 Å². The highest BCUT2D eigenvalue weighted by Crippen LogP contribution is 2.42. The van der Waals surface area contributed by atoms with Crippen molar-refractivity contribution in [3.05, 3.63) is 11.7 Å². The van der Waals surface area contributed by atoms with E-state index in [2.05, 4.69) is 20.4 Å². The Hall–Kier alpha value is -1.45. The topological polar surface area (TPSA) is 91.6 Å². The second-order valence-corrected chi connectivity index (χ2v) is 8.62. The van der Waals surface area contributed by atoms with E-state index >= 15 is 0 Å². The molecule has 2 saturated heterocycles. The summed E-state index contributed by atoms with van der Waals surface area (Å²) >= 11 is 1.58. The standard InChI is InChI=1S/C18H27N5O3S/c1-22-8-7-19-9-13(22)15-20-16(26-21-15)14(10-27-2)23-17(24)11-5-3-4-6-12(11)18(23)25/h11-14,19H,3-10H2,1-2H3. The number of hydrogen-bond donors (Lipinski definition) is 1. The van der Waals surface area contributed by atoms with Crippen LogP contribution in [-0.4, -0.2) is 70.4 Å². The Balaban J connectivity index is 1.59. The molecule has 1 aromatic heterocycles. The van der Waals surface area contributed by atoms with Gasteiger partial charge in [0.05, 0.1) is 17.9 Å². The van der Waals surface area contributed by atoms with Gasteiger partial charge in [-0.2, -0.15) is 16.7 Å². The Kier molecular flexibility index (Phi) is 5.52. The van der Waals surface area contributed by atoms with Crippen LogP contribution in [0.2, 0.25) is 0 Å². The summed E-state index contributed by atoms with van der Waals surface area (Å²) in [5.74, 6) is 1.12. The average Bonchev–Trinajstić information content (AvgIpc) is 3.25. The van der Waals surface area contributed by atoms with E-state index in [1.807, 2.05) is 13.3 Å². The number of likely N-dealkylation sites (N-methyl/N-ethyl adjacent to an activating group) is 1. The van der Waals surface area contributed by atoms with Gasteiger partial charge in [-0.15, -0.1) is 0 Å². The van der Waals surface area contributed by atoms with Gasteiger partial charge in [0.2, 0.25) is 11.8 Å². The maximum Gasteiger partial charge on any atom is 0.250 e. The largest absolute Gasteiger partial charge is 0.337 e. The van der Waals surface area contributed by atoms with E-state index in [1.165, 1.54) is 4.90 Å². The molecule has 1 N–H and O–H groups in total. The van der Waals surface area contributed by atoms with Crippen molar-refractivity contribution in [1.82, 2.24) is 25.3 Å². The molecule has 2 aliphatic heterocycles. The van der Waals surface area contributed by atoms with Crippen molar-refractivity contribution >= 4 is 23.6 Å². The fourth-order valence-corrected chi connectivity index (χ4v) is 5.13. The molecule has 4 atom stereocenters. The molecule has 4 rings (SSSR count). The van der Waals surface area contributed by atoms with Crippen molar-refractivity contribution in [3.8, 4) is 0 Å². The predicted octanol–water partition coefficient (Wildman–Crippen LogP) is 1.22. The van der Waals surface area contributed by atoms with Crippen molar-refractivity contribution in [2.24, 2.45) is 11.8 Å². The summed E-state index contributed by atoms with van der Waals surface area (Å²) in [6, 6.07) is -0.438. The van der Waals surface area contributed by atoms with Crippen molar-refractivity contribution in [2.45, 2.75) is 37.8 Å². The summed E-state index contributed by atoms with van der Waals surface area (Å²) in [7, 11) is 2.04. The molecule has 3 heterocycles. The van der Waals surface area contributed by atoms with Gasteiger partial charge in [-0.3, -0.25) is 19.4 Å². The Labute approximate surface area is 163 Å². The van der Waals surface area contributed by atoms with Crippen molar-refractivity contribution in [1.29, 1.82) is 0 Å². The molecule has 8 nitrogen and oxygen atoms in total. The summed E-state index contributed by atoms with van der Waals surface area (Å²) in [5, 5.41) is 7.52. The first-order chi connectivity index (χ1) is 13.1. The van der Waals surface area contributed by atoms with E-state index < -0.39 is 6.04 Å². The highest BCUT2D eigenvalue weighted by atomic mass is 32.2. The van der Waals surface area contributed by atoms with Gasteiger partial charge in [-0.1, -0.05) is 18.0 Å². The minimum Gasteiger partial charge on any atom is -0.337 e. The highest BCUT2D eigenvalue weighted by molar-refractivity contribution is 7.98. The van der Waals surface area contributed by atoms with Crippen molar-refractivity contribution in [3.63, 3.8) is 0 Å². The Bertz CT molecular complexity index is 687. The molecular weight excluding hydrogens is 366 g/mol. The maximum atomic E-state index is 13.0. The van der Waals surface area contributed by atoms with Crippen LogP contribution in [0, 0.1) is 11.8 Å². The third-order valence-corrected chi connectivity index (χ3v) is 6.71. The number of piperazine rings is 1. The summed E-state index contributed by atoms with van der Waals surface area (Å²) < 4.78 is 5.57. The fourth-order valence-electron chi connectivity index (χ4n) is 4.52. The lowest BCUT2D eigenvalue weighted by Crippen LogP contribution is -2.44. The molecule has 0 aromatic carbocycles. The number of carbonyl (C=O) groups excluding carboxylic acids is 2. The molecule has 2 amide bonds. The molecule has 1 aromatic rings. The number of imide groups is 1. The van der Waals surface area contributed by atoms with Crippen LogP contribution in [0.3, 0.4) is 0 Å². The van der Waals surface area contributed by atoms with Crippen molar-refractivity contribution < 1.29 is 14.1 Å². The zero-order chi connectivity index (χ0) is 19.0. The number of hydrogen-bond acceptors (Lipinski definition) is 8. The summed E-state index contributed by atoms with van der Waals surface area (Å²) in [6.07, 6.45) is 5.62. The second-order valence-electron chi connectivity index (χ2n) is 7.71. The van der Waals surface area contributed by atoms with Gasteiger partial charge in [0.1, 0.15) is 6.04 Å².